The van der Waals surface area contributed by atoms with Gasteiger partial charge in [0, 0.05) is 36.6 Å². The number of benzene rings is 2. The summed E-state index contributed by atoms with van der Waals surface area (Å²) in [4.78, 5) is 8.92. The molecule has 0 radical (unpaired) electrons. The van der Waals surface area contributed by atoms with E-state index in [-0.39, 0.29) is 0 Å². The predicted octanol–water partition coefficient (Wildman–Crippen LogP) is 4.61. The summed E-state index contributed by atoms with van der Waals surface area (Å²) in [7, 11) is 0. The molecule has 2 N–H and O–H groups in total. The Labute approximate surface area is 180 Å². The number of aromatic nitrogens is 4. The van der Waals surface area contributed by atoms with Gasteiger partial charge in [-0.25, -0.2) is 9.97 Å². The fourth-order valence-corrected chi connectivity index (χ4v) is 3.96. The zero-order chi connectivity index (χ0) is 21.0. The van der Waals surface area contributed by atoms with E-state index in [2.05, 4.69) is 61.8 Å². The molecule has 0 amide bonds. The number of ether oxygens (including phenoxy) is 1. The quantitative estimate of drug-likeness (QED) is 0.379. The monoisotopic (exact) mass is 411 g/mol. The summed E-state index contributed by atoms with van der Waals surface area (Å²) in [5, 5.41) is 1.06. The molecule has 156 valence electrons. The number of rotatable bonds is 8. The van der Waals surface area contributed by atoms with Gasteiger partial charge >= 0.3 is 0 Å². The van der Waals surface area contributed by atoms with Crippen molar-refractivity contribution in [3.8, 4) is 5.69 Å². The van der Waals surface area contributed by atoms with Crippen molar-refractivity contribution in [2.45, 2.75) is 19.4 Å². The highest BCUT2D eigenvalue weighted by Crippen LogP contribution is 2.26. The van der Waals surface area contributed by atoms with Gasteiger partial charge in [-0.05, 0) is 48.7 Å². The van der Waals surface area contributed by atoms with Crippen LogP contribution in [0.25, 0.3) is 27.6 Å². The zero-order valence-corrected chi connectivity index (χ0v) is 17.3. The zero-order valence-electron chi connectivity index (χ0n) is 17.3. The molecule has 0 saturated carbocycles. The van der Waals surface area contributed by atoms with Gasteiger partial charge in [-0.3, -0.25) is 0 Å². The lowest BCUT2D eigenvalue weighted by Crippen LogP contribution is -2.07. The van der Waals surface area contributed by atoms with Crippen molar-refractivity contribution in [1.82, 2.24) is 19.1 Å². The van der Waals surface area contributed by atoms with Crippen molar-refractivity contribution in [2.24, 2.45) is 0 Å². The molecule has 0 aliphatic heterocycles. The van der Waals surface area contributed by atoms with Gasteiger partial charge in [0.05, 0.1) is 24.0 Å². The topological polar surface area (TPSA) is 70.9 Å². The van der Waals surface area contributed by atoms with Gasteiger partial charge in [0.15, 0.2) is 5.82 Å². The Kier molecular flexibility index (Phi) is 5.37. The lowest BCUT2D eigenvalue weighted by atomic mass is 10.1. The Balaban J connectivity index is 1.14. The standard InChI is InChI=1S/C25H25N5O/c26-25-23-24(21-7-1-2-8-22(21)28-25)30(18-27-23)15-17-31-16-5-6-19-9-11-20(12-10-19)29-13-3-4-14-29/h1-4,7-14,18H,5-6,15-17H2,(H2,26,28). The summed E-state index contributed by atoms with van der Waals surface area (Å²) in [5.74, 6) is 0.469. The number of aryl methyl sites for hydroxylation is 1. The fraction of sp³-hybridized carbons (Fsp3) is 0.200. The first-order valence-electron chi connectivity index (χ1n) is 10.6. The van der Waals surface area contributed by atoms with Crippen LogP contribution in [0.4, 0.5) is 5.82 Å². The normalized spacial score (nSPS) is 11.5. The second kappa shape index (κ2) is 8.62. The number of nitrogens with zero attached hydrogens (tertiary/aromatic N) is 4. The molecule has 6 nitrogen and oxygen atoms in total. The molecular weight excluding hydrogens is 386 g/mol. The minimum Gasteiger partial charge on any atom is -0.382 e. The van der Waals surface area contributed by atoms with Gasteiger partial charge in [0.25, 0.3) is 0 Å². The van der Waals surface area contributed by atoms with Crippen LogP contribution in [0.1, 0.15) is 12.0 Å². The molecule has 0 aliphatic carbocycles. The molecule has 6 heteroatoms. The third kappa shape index (κ3) is 4.02. The summed E-state index contributed by atoms with van der Waals surface area (Å²) in [6.07, 6.45) is 7.94. The number of pyridine rings is 1. The van der Waals surface area contributed by atoms with E-state index in [4.69, 9.17) is 10.5 Å². The molecule has 0 spiro atoms. The number of hydrogen-bond acceptors (Lipinski definition) is 4. The predicted molar refractivity (Wildman–Crippen MR) is 124 cm³/mol. The molecule has 3 aromatic heterocycles. The molecule has 3 heterocycles. The van der Waals surface area contributed by atoms with Crippen molar-refractivity contribution in [1.29, 1.82) is 0 Å². The Morgan fingerprint density at radius 3 is 2.55 bits per heavy atom. The van der Waals surface area contributed by atoms with Crippen molar-refractivity contribution in [3.63, 3.8) is 0 Å². The van der Waals surface area contributed by atoms with Crippen molar-refractivity contribution in [2.75, 3.05) is 18.9 Å². The largest absolute Gasteiger partial charge is 0.382 e. The molecule has 0 bridgehead atoms. The van der Waals surface area contributed by atoms with E-state index < -0.39 is 0 Å². The molecule has 0 aliphatic rings. The first-order chi connectivity index (χ1) is 15.3. The maximum atomic E-state index is 6.10. The highest BCUT2D eigenvalue weighted by atomic mass is 16.5. The molecule has 5 rings (SSSR count). The van der Waals surface area contributed by atoms with Gasteiger partial charge < -0.3 is 19.6 Å². The number of para-hydroxylation sites is 1. The van der Waals surface area contributed by atoms with E-state index in [1.54, 1.807) is 0 Å². The van der Waals surface area contributed by atoms with Crippen LogP contribution in [0.2, 0.25) is 0 Å². The number of nitrogens with two attached hydrogens (primary N) is 1. The SMILES string of the molecule is Nc1nc2ccccc2c2c1ncn2CCOCCCc1ccc(-n2cccc2)cc1. The highest BCUT2D eigenvalue weighted by molar-refractivity contribution is 6.06. The number of anilines is 1. The van der Waals surface area contributed by atoms with Crippen LogP contribution >= 0.6 is 0 Å². The van der Waals surface area contributed by atoms with Gasteiger partial charge in [-0.2, -0.15) is 0 Å². The second-order valence-corrected chi connectivity index (χ2v) is 7.62. The summed E-state index contributed by atoms with van der Waals surface area (Å²) in [6, 6.07) is 20.8. The van der Waals surface area contributed by atoms with Crippen LogP contribution in [0.15, 0.2) is 79.4 Å². The number of fused-ring (bicyclic) bond motifs is 3. The average Bonchev–Trinajstić information content (AvgIpc) is 3.48. The van der Waals surface area contributed by atoms with Crippen LogP contribution in [-0.2, 0) is 17.7 Å². The van der Waals surface area contributed by atoms with E-state index in [0.29, 0.717) is 12.4 Å². The van der Waals surface area contributed by atoms with Crippen molar-refractivity contribution >= 4 is 27.8 Å². The van der Waals surface area contributed by atoms with E-state index in [9.17, 15) is 0 Å². The van der Waals surface area contributed by atoms with Crippen LogP contribution in [0.5, 0.6) is 0 Å². The van der Waals surface area contributed by atoms with E-state index in [1.807, 2.05) is 36.7 Å². The molecule has 2 aromatic carbocycles. The van der Waals surface area contributed by atoms with Gasteiger partial charge in [0.1, 0.15) is 5.52 Å². The average molecular weight is 412 g/mol. The lowest BCUT2D eigenvalue weighted by Gasteiger charge is -2.09. The molecule has 0 atom stereocenters. The fourth-order valence-electron chi connectivity index (χ4n) is 3.96. The summed E-state index contributed by atoms with van der Waals surface area (Å²) < 4.78 is 10.1. The summed E-state index contributed by atoms with van der Waals surface area (Å²) >= 11 is 0. The summed E-state index contributed by atoms with van der Waals surface area (Å²) in [5.41, 5.74) is 11.3. The molecule has 0 saturated heterocycles. The minimum atomic E-state index is 0.469. The molecule has 5 aromatic rings. The second-order valence-electron chi connectivity index (χ2n) is 7.62. The van der Waals surface area contributed by atoms with Crippen LogP contribution < -0.4 is 5.73 Å². The Bertz CT molecular complexity index is 1290. The van der Waals surface area contributed by atoms with E-state index in [1.165, 1.54) is 11.3 Å². The third-order valence-corrected chi connectivity index (χ3v) is 5.55. The minimum absolute atomic E-state index is 0.469. The highest BCUT2D eigenvalue weighted by Gasteiger charge is 2.11. The van der Waals surface area contributed by atoms with E-state index >= 15 is 0 Å². The Hall–Kier alpha value is -3.64. The van der Waals surface area contributed by atoms with Gasteiger partial charge in [-0.15, -0.1) is 0 Å². The Morgan fingerprint density at radius 2 is 1.71 bits per heavy atom. The third-order valence-electron chi connectivity index (χ3n) is 5.55. The number of imidazole rings is 1. The van der Waals surface area contributed by atoms with Gasteiger partial charge in [-0.1, -0.05) is 30.3 Å². The summed E-state index contributed by atoms with van der Waals surface area (Å²) in [6.45, 7) is 2.10. The first kappa shape index (κ1) is 19.3. The van der Waals surface area contributed by atoms with Crippen LogP contribution in [-0.4, -0.2) is 32.3 Å². The molecule has 0 fully saturated rings. The van der Waals surface area contributed by atoms with E-state index in [0.717, 1.165) is 47.9 Å². The smallest absolute Gasteiger partial charge is 0.152 e. The van der Waals surface area contributed by atoms with Crippen molar-refractivity contribution in [3.05, 3.63) is 84.9 Å². The maximum Gasteiger partial charge on any atom is 0.152 e. The van der Waals surface area contributed by atoms with Gasteiger partial charge in [0.2, 0.25) is 0 Å². The Morgan fingerprint density at radius 1 is 0.903 bits per heavy atom. The maximum absolute atomic E-state index is 6.10. The van der Waals surface area contributed by atoms with Crippen LogP contribution in [0, 0.1) is 0 Å². The molecule has 0 unspecified atom stereocenters. The molecular formula is C25H25N5O. The van der Waals surface area contributed by atoms with Crippen LogP contribution in [0.3, 0.4) is 0 Å². The lowest BCUT2D eigenvalue weighted by molar-refractivity contribution is 0.125. The molecule has 31 heavy (non-hydrogen) atoms. The first-order valence-corrected chi connectivity index (χ1v) is 10.6. The number of nitrogen functional groups attached to an aromatic ring is 1. The van der Waals surface area contributed by atoms with Crippen molar-refractivity contribution < 1.29 is 4.74 Å². The number of hydrogen-bond donors (Lipinski definition) is 1.